The SMILES string of the molecule is C1CCCCCC2CCCCCCCCCCC(CCCC1)CCCCCCCCCC2. The molecule has 0 aromatic rings. The van der Waals surface area contributed by atoms with Gasteiger partial charge in [-0.05, 0) is 11.8 Å². The second-order valence-electron chi connectivity index (χ2n) is 11.9. The molecule has 3 rings (SSSR count). The summed E-state index contributed by atoms with van der Waals surface area (Å²) < 4.78 is 0. The maximum Gasteiger partial charge on any atom is -0.0414 e. The van der Waals surface area contributed by atoms with Crippen LogP contribution in [0.25, 0.3) is 0 Å². The minimum Gasteiger partial charge on any atom is -0.0533 e. The van der Waals surface area contributed by atoms with E-state index < -0.39 is 0 Å². The molecule has 0 amide bonds. The Bertz CT molecular complexity index is 279. The van der Waals surface area contributed by atoms with Crippen LogP contribution in [0.3, 0.4) is 0 Å². The quantitative estimate of drug-likeness (QED) is 0.347. The molecule has 2 bridgehead atoms. The fourth-order valence-corrected chi connectivity index (χ4v) is 6.65. The van der Waals surface area contributed by atoms with Gasteiger partial charge in [-0.1, -0.05) is 193 Å². The van der Waals surface area contributed by atoms with E-state index in [-0.39, 0.29) is 0 Å². The summed E-state index contributed by atoms with van der Waals surface area (Å²) in [7, 11) is 0. The molecule has 3 aliphatic carbocycles. The van der Waals surface area contributed by atoms with Crippen molar-refractivity contribution in [3.8, 4) is 0 Å². The molecule has 0 spiro atoms. The van der Waals surface area contributed by atoms with Crippen molar-refractivity contribution in [1.82, 2.24) is 0 Å². The molecule has 0 nitrogen and oxygen atoms in total. The van der Waals surface area contributed by atoms with Crippen LogP contribution in [0.1, 0.15) is 193 Å². The van der Waals surface area contributed by atoms with E-state index in [0.29, 0.717) is 0 Å². The van der Waals surface area contributed by atoms with Gasteiger partial charge in [-0.25, -0.2) is 0 Å². The van der Waals surface area contributed by atoms with Crippen molar-refractivity contribution < 1.29 is 0 Å². The highest BCUT2D eigenvalue weighted by Crippen LogP contribution is 2.27. The van der Waals surface area contributed by atoms with Crippen LogP contribution in [0.5, 0.6) is 0 Å². The largest absolute Gasteiger partial charge is 0.0533 e. The van der Waals surface area contributed by atoms with Gasteiger partial charge in [-0.15, -0.1) is 0 Å². The van der Waals surface area contributed by atoms with E-state index in [1.807, 2.05) is 0 Å². The molecule has 0 atom stereocenters. The molecule has 0 heteroatoms. The Morgan fingerprint density at radius 3 is 0.438 bits per heavy atom. The first-order valence-corrected chi connectivity index (χ1v) is 15.9. The summed E-state index contributed by atoms with van der Waals surface area (Å²) in [6, 6.07) is 0. The van der Waals surface area contributed by atoms with E-state index in [1.54, 1.807) is 38.5 Å². The Balaban J connectivity index is 1.86. The third kappa shape index (κ3) is 16.6. The number of hydrogen-bond donors (Lipinski definition) is 0. The lowest BCUT2D eigenvalue weighted by Crippen LogP contribution is -2.02. The van der Waals surface area contributed by atoms with Crippen molar-refractivity contribution in [2.75, 3.05) is 0 Å². The number of fused-ring (bicyclic) bond motifs is 27. The van der Waals surface area contributed by atoms with Crippen LogP contribution in [0.2, 0.25) is 0 Å². The molecule has 3 saturated carbocycles. The third-order valence-electron chi connectivity index (χ3n) is 8.92. The van der Waals surface area contributed by atoms with Crippen molar-refractivity contribution in [2.24, 2.45) is 11.8 Å². The molecular formula is C32H62. The molecule has 0 radical (unpaired) electrons. The van der Waals surface area contributed by atoms with Gasteiger partial charge in [0.15, 0.2) is 0 Å². The van der Waals surface area contributed by atoms with Crippen molar-refractivity contribution in [2.45, 2.75) is 193 Å². The van der Waals surface area contributed by atoms with Crippen molar-refractivity contribution >= 4 is 0 Å². The molecule has 0 aromatic carbocycles. The van der Waals surface area contributed by atoms with Gasteiger partial charge in [0.25, 0.3) is 0 Å². The molecule has 32 heavy (non-hydrogen) atoms. The molecule has 0 aliphatic heterocycles. The Hall–Kier alpha value is 0. The summed E-state index contributed by atoms with van der Waals surface area (Å²) in [6.45, 7) is 0. The van der Waals surface area contributed by atoms with Gasteiger partial charge in [-0.2, -0.15) is 0 Å². The predicted molar refractivity (Wildman–Crippen MR) is 145 cm³/mol. The average molecular weight is 447 g/mol. The standard InChI is InChI=1S/C32H62/c1-2-8-14-20-26-32-29-23-17-11-5-3-9-15-21-27-31(25-19-13-7-1)28-22-16-10-4-6-12-18-24-30-32/h31-32H,1-30H2. The smallest absolute Gasteiger partial charge is 0.0414 e. The van der Waals surface area contributed by atoms with Crippen LogP contribution in [-0.2, 0) is 0 Å². The Kier molecular flexibility index (Phi) is 19.0. The van der Waals surface area contributed by atoms with Crippen LogP contribution in [0, 0.1) is 11.8 Å². The molecule has 0 unspecified atom stereocenters. The third-order valence-corrected chi connectivity index (χ3v) is 8.92. The molecule has 3 aliphatic rings. The van der Waals surface area contributed by atoms with Gasteiger partial charge in [-0.3, -0.25) is 0 Å². The van der Waals surface area contributed by atoms with Gasteiger partial charge >= 0.3 is 0 Å². The number of rotatable bonds is 0. The fourth-order valence-electron chi connectivity index (χ4n) is 6.65. The van der Waals surface area contributed by atoms with E-state index in [1.165, 1.54) is 154 Å². The highest BCUT2D eigenvalue weighted by molar-refractivity contribution is 4.64. The summed E-state index contributed by atoms with van der Waals surface area (Å²) in [5.74, 6) is 2.11. The first-order valence-electron chi connectivity index (χ1n) is 15.9. The monoisotopic (exact) mass is 446 g/mol. The summed E-state index contributed by atoms with van der Waals surface area (Å²) in [5, 5.41) is 0. The molecule has 0 N–H and O–H groups in total. The van der Waals surface area contributed by atoms with Gasteiger partial charge in [0.05, 0.1) is 0 Å². The van der Waals surface area contributed by atoms with Crippen LogP contribution in [0.15, 0.2) is 0 Å². The van der Waals surface area contributed by atoms with Gasteiger partial charge in [0.1, 0.15) is 0 Å². The van der Waals surface area contributed by atoms with E-state index in [9.17, 15) is 0 Å². The van der Waals surface area contributed by atoms with Crippen LogP contribution in [-0.4, -0.2) is 0 Å². The predicted octanol–water partition coefficient (Wildman–Crippen LogP) is 11.9. The molecular weight excluding hydrogens is 384 g/mol. The lowest BCUT2D eigenvalue weighted by Gasteiger charge is -2.18. The first kappa shape index (κ1) is 28.2. The van der Waals surface area contributed by atoms with Gasteiger partial charge in [0, 0.05) is 0 Å². The maximum atomic E-state index is 1.54. The molecule has 0 heterocycles. The highest BCUT2D eigenvalue weighted by atomic mass is 14.2. The zero-order valence-corrected chi connectivity index (χ0v) is 22.4. The lowest BCUT2D eigenvalue weighted by atomic mass is 9.88. The van der Waals surface area contributed by atoms with Gasteiger partial charge in [0.2, 0.25) is 0 Å². The molecule has 3 fully saturated rings. The first-order chi connectivity index (χ1) is 15.9. The molecule has 0 aromatic heterocycles. The summed E-state index contributed by atoms with van der Waals surface area (Å²) in [6.07, 6.45) is 45.6. The van der Waals surface area contributed by atoms with Crippen molar-refractivity contribution in [1.29, 1.82) is 0 Å². The number of hydrogen-bond acceptors (Lipinski definition) is 0. The van der Waals surface area contributed by atoms with E-state index in [4.69, 9.17) is 0 Å². The fraction of sp³-hybridized carbons (Fsp3) is 1.00. The Morgan fingerprint density at radius 1 is 0.156 bits per heavy atom. The summed E-state index contributed by atoms with van der Waals surface area (Å²) in [4.78, 5) is 0. The van der Waals surface area contributed by atoms with Crippen LogP contribution < -0.4 is 0 Å². The molecule has 190 valence electrons. The summed E-state index contributed by atoms with van der Waals surface area (Å²) in [5.41, 5.74) is 0. The minimum atomic E-state index is 1.05. The Labute approximate surface area is 204 Å². The zero-order chi connectivity index (χ0) is 22.4. The van der Waals surface area contributed by atoms with Crippen LogP contribution >= 0.6 is 0 Å². The average Bonchev–Trinajstić information content (AvgIpc) is 2.80. The normalized spacial score (nSPS) is 29.2. The summed E-state index contributed by atoms with van der Waals surface area (Å²) >= 11 is 0. The van der Waals surface area contributed by atoms with E-state index in [2.05, 4.69) is 0 Å². The van der Waals surface area contributed by atoms with Crippen LogP contribution in [0.4, 0.5) is 0 Å². The minimum absolute atomic E-state index is 1.05. The topological polar surface area (TPSA) is 0 Å². The second kappa shape index (κ2) is 21.5. The second-order valence-corrected chi connectivity index (χ2v) is 11.9. The molecule has 0 saturated heterocycles. The van der Waals surface area contributed by atoms with E-state index >= 15 is 0 Å². The maximum absolute atomic E-state index is 1.54. The van der Waals surface area contributed by atoms with Crippen molar-refractivity contribution in [3.05, 3.63) is 0 Å². The van der Waals surface area contributed by atoms with Gasteiger partial charge < -0.3 is 0 Å². The van der Waals surface area contributed by atoms with E-state index in [0.717, 1.165) is 11.8 Å². The zero-order valence-electron chi connectivity index (χ0n) is 22.4. The van der Waals surface area contributed by atoms with Crippen molar-refractivity contribution in [3.63, 3.8) is 0 Å². The Morgan fingerprint density at radius 2 is 0.281 bits per heavy atom. The highest BCUT2D eigenvalue weighted by Gasteiger charge is 2.11. The lowest BCUT2D eigenvalue weighted by molar-refractivity contribution is 0.355.